The van der Waals surface area contributed by atoms with Crippen molar-refractivity contribution in [2.45, 2.75) is 12.5 Å². The fourth-order valence-corrected chi connectivity index (χ4v) is 2.47. The monoisotopic (exact) mass is 336 g/mol. The van der Waals surface area contributed by atoms with Gasteiger partial charge in [0.1, 0.15) is 5.88 Å². The van der Waals surface area contributed by atoms with E-state index in [0.29, 0.717) is 11.6 Å². The Morgan fingerprint density at radius 3 is 2.55 bits per heavy atom. The number of hydrogen-bond acceptors (Lipinski definition) is 2. The second kappa shape index (κ2) is 8.66. The zero-order chi connectivity index (χ0) is 15.8. The number of carbonyl (C=O) groups is 1. The first-order valence-electron chi connectivity index (χ1n) is 7.09. The number of rotatable bonds is 7. The van der Waals surface area contributed by atoms with E-state index in [0.717, 1.165) is 17.7 Å². The summed E-state index contributed by atoms with van der Waals surface area (Å²) in [6.07, 6.45) is 0.749. The standard InChI is InChI=1S/C17H18Cl2N2O/c18-12-17(22)20-10-9-16(13-5-2-1-3-6-13)21-15-8-4-7-14(19)11-15/h1-8,11,16,21H,9-10,12H2,(H,20,22). The Labute approximate surface area is 140 Å². The molecule has 0 saturated heterocycles. The molecule has 1 unspecified atom stereocenters. The summed E-state index contributed by atoms with van der Waals surface area (Å²) in [6, 6.07) is 17.8. The van der Waals surface area contributed by atoms with Gasteiger partial charge in [-0.15, -0.1) is 11.6 Å². The molecule has 5 heteroatoms. The van der Waals surface area contributed by atoms with Gasteiger partial charge in [-0.2, -0.15) is 0 Å². The third-order valence-electron chi connectivity index (χ3n) is 3.24. The minimum atomic E-state index is -0.156. The van der Waals surface area contributed by atoms with Gasteiger partial charge >= 0.3 is 0 Å². The van der Waals surface area contributed by atoms with Gasteiger partial charge in [0.2, 0.25) is 5.91 Å². The number of anilines is 1. The molecule has 2 N–H and O–H groups in total. The van der Waals surface area contributed by atoms with Crippen LogP contribution in [0.1, 0.15) is 18.0 Å². The fraction of sp³-hybridized carbons (Fsp3) is 0.235. The highest BCUT2D eigenvalue weighted by atomic mass is 35.5. The molecule has 1 atom stereocenters. The lowest BCUT2D eigenvalue weighted by molar-refractivity contribution is -0.118. The minimum Gasteiger partial charge on any atom is -0.378 e. The highest BCUT2D eigenvalue weighted by molar-refractivity contribution is 6.30. The molecule has 1 amide bonds. The number of hydrogen-bond donors (Lipinski definition) is 2. The number of alkyl halides is 1. The van der Waals surface area contributed by atoms with E-state index in [-0.39, 0.29) is 17.8 Å². The van der Waals surface area contributed by atoms with Gasteiger partial charge in [0.25, 0.3) is 0 Å². The maximum Gasteiger partial charge on any atom is 0.234 e. The van der Waals surface area contributed by atoms with Gasteiger partial charge in [0.05, 0.1) is 6.04 Å². The Kier molecular flexibility index (Phi) is 6.56. The molecule has 0 aromatic heterocycles. The van der Waals surface area contributed by atoms with E-state index in [1.54, 1.807) is 0 Å². The van der Waals surface area contributed by atoms with Crippen LogP contribution in [0.5, 0.6) is 0 Å². The van der Waals surface area contributed by atoms with E-state index < -0.39 is 0 Å². The third-order valence-corrected chi connectivity index (χ3v) is 3.72. The molecule has 0 bridgehead atoms. The van der Waals surface area contributed by atoms with Crippen LogP contribution in [0.15, 0.2) is 54.6 Å². The number of carbonyl (C=O) groups excluding carboxylic acids is 1. The molecule has 2 aromatic rings. The van der Waals surface area contributed by atoms with Crippen molar-refractivity contribution in [2.75, 3.05) is 17.7 Å². The van der Waals surface area contributed by atoms with Crippen molar-refractivity contribution >= 4 is 34.8 Å². The van der Waals surface area contributed by atoms with Crippen LogP contribution in [0.25, 0.3) is 0 Å². The average molecular weight is 337 g/mol. The predicted octanol–water partition coefficient (Wildman–Crippen LogP) is 4.24. The predicted molar refractivity (Wildman–Crippen MR) is 92.6 cm³/mol. The molecule has 0 saturated carbocycles. The first-order chi connectivity index (χ1) is 10.7. The summed E-state index contributed by atoms with van der Waals surface area (Å²) in [4.78, 5) is 11.3. The normalized spacial score (nSPS) is 11.7. The van der Waals surface area contributed by atoms with Gasteiger partial charge in [-0.25, -0.2) is 0 Å². The van der Waals surface area contributed by atoms with E-state index in [1.165, 1.54) is 0 Å². The summed E-state index contributed by atoms with van der Waals surface area (Å²) in [7, 11) is 0. The van der Waals surface area contributed by atoms with Crippen LogP contribution in [-0.4, -0.2) is 18.3 Å². The van der Waals surface area contributed by atoms with Crippen LogP contribution in [0, 0.1) is 0 Å². The smallest absolute Gasteiger partial charge is 0.234 e. The molecule has 2 aromatic carbocycles. The Hall–Kier alpha value is -1.71. The lowest BCUT2D eigenvalue weighted by Gasteiger charge is -2.21. The molecular formula is C17H18Cl2N2O. The van der Waals surface area contributed by atoms with E-state index >= 15 is 0 Å². The van der Waals surface area contributed by atoms with Gasteiger partial charge in [0, 0.05) is 17.3 Å². The van der Waals surface area contributed by atoms with Gasteiger partial charge in [0.15, 0.2) is 0 Å². The number of nitrogens with one attached hydrogen (secondary N) is 2. The molecule has 2 rings (SSSR count). The van der Waals surface area contributed by atoms with E-state index in [2.05, 4.69) is 22.8 Å². The number of halogens is 2. The van der Waals surface area contributed by atoms with Crippen molar-refractivity contribution in [3.63, 3.8) is 0 Å². The zero-order valence-corrected chi connectivity index (χ0v) is 13.6. The van der Waals surface area contributed by atoms with Crippen molar-refractivity contribution in [3.8, 4) is 0 Å². The van der Waals surface area contributed by atoms with Crippen molar-refractivity contribution < 1.29 is 4.79 Å². The van der Waals surface area contributed by atoms with Crippen LogP contribution in [0.3, 0.4) is 0 Å². The van der Waals surface area contributed by atoms with Crippen molar-refractivity contribution in [3.05, 3.63) is 65.2 Å². The molecule has 22 heavy (non-hydrogen) atoms. The minimum absolute atomic E-state index is 0.0161. The molecular weight excluding hydrogens is 319 g/mol. The van der Waals surface area contributed by atoms with Crippen molar-refractivity contribution in [1.29, 1.82) is 0 Å². The van der Waals surface area contributed by atoms with Crippen molar-refractivity contribution in [2.24, 2.45) is 0 Å². The summed E-state index contributed by atoms with van der Waals surface area (Å²) < 4.78 is 0. The molecule has 0 aliphatic rings. The van der Waals surface area contributed by atoms with E-state index in [4.69, 9.17) is 23.2 Å². The van der Waals surface area contributed by atoms with Crippen LogP contribution in [-0.2, 0) is 4.79 Å². The maximum absolute atomic E-state index is 11.3. The molecule has 116 valence electrons. The second-order valence-corrected chi connectivity index (χ2v) is 5.59. The molecule has 0 spiro atoms. The molecule has 0 fully saturated rings. The van der Waals surface area contributed by atoms with Crippen LogP contribution >= 0.6 is 23.2 Å². The number of amides is 1. The molecule has 3 nitrogen and oxygen atoms in total. The fourth-order valence-electron chi connectivity index (χ4n) is 2.19. The summed E-state index contributed by atoms with van der Waals surface area (Å²) in [5.74, 6) is -0.172. The Morgan fingerprint density at radius 2 is 1.86 bits per heavy atom. The van der Waals surface area contributed by atoms with E-state index in [9.17, 15) is 4.79 Å². The van der Waals surface area contributed by atoms with Crippen LogP contribution < -0.4 is 10.6 Å². The topological polar surface area (TPSA) is 41.1 Å². The lowest BCUT2D eigenvalue weighted by atomic mass is 10.0. The van der Waals surface area contributed by atoms with Gasteiger partial charge in [-0.05, 0) is 30.2 Å². The molecule has 0 aliphatic carbocycles. The van der Waals surface area contributed by atoms with Crippen molar-refractivity contribution in [1.82, 2.24) is 5.32 Å². The Balaban J connectivity index is 2.06. The molecule has 0 radical (unpaired) electrons. The van der Waals surface area contributed by atoms with Gasteiger partial charge in [-0.1, -0.05) is 48.0 Å². The zero-order valence-electron chi connectivity index (χ0n) is 12.1. The Morgan fingerprint density at radius 1 is 1.09 bits per heavy atom. The summed E-state index contributed by atoms with van der Waals surface area (Å²) in [6.45, 7) is 0.554. The highest BCUT2D eigenvalue weighted by Crippen LogP contribution is 2.24. The molecule has 0 heterocycles. The van der Waals surface area contributed by atoms with Gasteiger partial charge in [-0.3, -0.25) is 4.79 Å². The first kappa shape index (κ1) is 16.7. The second-order valence-electron chi connectivity index (χ2n) is 4.89. The number of benzene rings is 2. The first-order valence-corrected chi connectivity index (χ1v) is 8.00. The summed E-state index contributed by atoms with van der Waals surface area (Å²) >= 11 is 11.5. The van der Waals surface area contributed by atoms with Gasteiger partial charge < -0.3 is 10.6 Å². The summed E-state index contributed by atoms with van der Waals surface area (Å²) in [5, 5.41) is 6.94. The summed E-state index contributed by atoms with van der Waals surface area (Å²) in [5.41, 5.74) is 2.10. The highest BCUT2D eigenvalue weighted by Gasteiger charge is 2.11. The maximum atomic E-state index is 11.3. The Bertz CT molecular complexity index is 605. The third kappa shape index (κ3) is 5.24. The van der Waals surface area contributed by atoms with Crippen LogP contribution in [0.2, 0.25) is 5.02 Å². The molecule has 0 aliphatic heterocycles. The average Bonchev–Trinajstić information content (AvgIpc) is 2.54. The lowest BCUT2D eigenvalue weighted by Crippen LogP contribution is -2.27. The van der Waals surface area contributed by atoms with Crippen LogP contribution in [0.4, 0.5) is 5.69 Å². The SMILES string of the molecule is O=C(CCl)NCCC(Nc1cccc(Cl)c1)c1ccccc1. The van der Waals surface area contributed by atoms with E-state index in [1.807, 2.05) is 42.5 Å². The quantitative estimate of drug-likeness (QED) is 0.742. The largest absolute Gasteiger partial charge is 0.378 e.